The number of anilines is 1. The van der Waals surface area contributed by atoms with Crippen LogP contribution in [0.3, 0.4) is 0 Å². The monoisotopic (exact) mass is 315 g/mol. The second-order valence-corrected chi connectivity index (χ2v) is 4.45. The Morgan fingerprint density at radius 2 is 2.00 bits per heavy atom. The van der Waals surface area contributed by atoms with Gasteiger partial charge in [-0.3, -0.25) is 4.79 Å². The zero-order valence-electron chi connectivity index (χ0n) is 9.12. The zero-order chi connectivity index (χ0) is 11.4. The number of hydrogen-bond donors (Lipinski definition) is 0. The van der Waals surface area contributed by atoms with E-state index in [2.05, 4.69) is 22.6 Å². The fourth-order valence-electron chi connectivity index (χ4n) is 1.22. The minimum Gasteiger partial charge on any atom is -0.311 e. The number of amides is 1. The molecule has 0 aromatic heterocycles. The average Bonchev–Trinajstić information content (AvgIpc) is 2.26. The molecule has 3 heteroatoms. The highest BCUT2D eigenvalue weighted by Crippen LogP contribution is 2.21. The van der Waals surface area contributed by atoms with Crippen LogP contribution in [0.5, 0.6) is 0 Å². The molecule has 0 unspecified atom stereocenters. The van der Waals surface area contributed by atoms with Crippen molar-refractivity contribution in [1.82, 2.24) is 0 Å². The number of carbonyl (C=O) groups excluding carboxylic acids is 1. The third-order valence-electron chi connectivity index (χ3n) is 2.29. The number of carbonyl (C=O) groups is 1. The van der Waals surface area contributed by atoms with Crippen molar-refractivity contribution in [2.75, 3.05) is 11.9 Å². The summed E-state index contributed by atoms with van der Waals surface area (Å²) in [5.74, 6) is 0.0432. The minimum absolute atomic E-state index is 0.0432. The van der Waals surface area contributed by atoms with Gasteiger partial charge in [0.2, 0.25) is 0 Å². The maximum absolute atomic E-state index is 11.9. The summed E-state index contributed by atoms with van der Waals surface area (Å²) in [6.45, 7) is 3.70. The van der Waals surface area contributed by atoms with E-state index >= 15 is 0 Å². The molecule has 0 aliphatic rings. The maximum atomic E-state index is 11.9. The Morgan fingerprint density at radius 3 is 2.53 bits per heavy atom. The van der Waals surface area contributed by atoms with Crippen LogP contribution in [-0.4, -0.2) is 13.0 Å². The van der Waals surface area contributed by atoms with Gasteiger partial charge in [0.05, 0.1) is 5.69 Å². The van der Waals surface area contributed by atoms with E-state index in [1.807, 2.05) is 44.2 Å². The van der Waals surface area contributed by atoms with E-state index in [4.69, 9.17) is 0 Å². The molecule has 1 aromatic rings. The van der Waals surface area contributed by atoms with Gasteiger partial charge in [-0.1, -0.05) is 18.2 Å². The standard InChI is InChI=1S/C12H14INO/c1-4-9(2)12(15)14(3)11-8-6-5-7-10(11)13/h4-8H,1-3H3. The first-order chi connectivity index (χ1) is 7.07. The van der Waals surface area contributed by atoms with Crippen molar-refractivity contribution in [3.05, 3.63) is 39.5 Å². The lowest BCUT2D eigenvalue weighted by Crippen LogP contribution is -2.27. The topological polar surface area (TPSA) is 20.3 Å². The van der Waals surface area contributed by atoms with E-state index < -0.39 is 0 Å². The van der Waals surface area contributed by atoms with Crippen molar-refractivity contribution in [2.24, 2.45) is 0 Å². The van der Waals surface area contributed by atoms with Crippen LogP contribution in [0.25, 0.3) is 0 Å². The molecule has 0 atom stereocenters. The van der Waals surface area contributed by atoms with Gasteiger partial charge in [-0.2, -0.15) is 0 Å². The summed E-state index contributed by atoms with van der Waals surface area (Å²) >= 11 is 2.23. The fourth-order valence-corrected chi connectivity index (χ4v) is 1.97. The van der Waals surface area contributed by atoms with Crippen molar-refractivity contribution in [3.8, 4) is 0 Å². The first-order valence-electron chi connectivity index (χ1n) is 4.73. The summed E-state index contributed by atoms with van der Waals surface area (Å²) in [6.07, 6.45) is 1.83. The minimum atomic E-state index is 0.0432. The highest BCUT2D eigenvalue weighted by atomic mass is 127. The molecule has 0 aliphatic carbocycles. The van der Waals surface area contributed by atoms with Gasteiger partial charge < -0.3 is 4.90 Å². The molecule has 0 saturated carbocycles. The number of benzene rings is 1. The lowest BCUT2D eigenvalue weighted by atomic mass is 10.2. The lowest BCUT2D eigenvalue weighted by molar-refractivity contribution is -0.114. The van der Waals surface area contributed by atoms with Crippen LogP contribution in [-0.2, 0) is 4.79 Å². The molecule has 0 heterocycles. The van der Waals surface area contributed by atoms with Gasteiger partial charge in [-0.15, -0.1) is 0 Å². The van der Waals surface area contributed by atoms with Crippen LogP contribution in [0, 0.1) is 3.57 Å². The van der Waals surface area contributed by atoms with Gasteiger partial charge in [-0.05, 0) is 48.6 Å². The summed E-state index contributed by atoms with van der Waals surface area (Å²) in [5, 5.41) is 0. The predicted octanol–water partition coefficient (Wildman–Crippen LogP) is 3.22. The van der Waals surface area contributed by atoms with E-state index in [0.717, 1.165) is 14.8 Å². The van der Waals surface area contributed by atoms with Gasteiger partial charge in [-0.25, -0.2) is 0 Å². The second-order valence-electron chi connectivity index (χ2n) is 3.29. The fraction of sp³-hybridized carbons (Fsp3) is 0.250. The molecule has 0 radical (unpaired) electrons. The Balaban J connectivity index is 3.00. The van der Waals surface area contributed by atoms with Crippen LogP contribution in [0.1, 0.15) is 13.8 Å². The molecule has 15 heavy (non-hydrogen) atoms. The van der Waals surface area contributed by atoms with Gasteiger partial charge in [0, 0.05) is 16.2 Å². The van der Waals surface area contributed by atoms with Crippen LogP contribution < -0.4 is 4.90 Å². The summed E-state index contributed by atoms with van der Waals surface area (Å²) in [4.78, 5) is 13.6. The number of allylic oxidation sites excluding steroid dienone is 1. The zero-order valence-corrected chi connectivity index (χ0v) is 11.3. The Hall–Kier alpha value is -0.840. The molecule has 0 fully saturated rings. The third-order valence-corrected chi connectivity index (χ3v) is 3.20. The van der Waals surface area contributed by atoms with E-state index in [0.29, 0.717) is 0 Å². The van der Waals surface area contributed by atoms with Gasteiger partial charge in [0.1, 0.15) is 0 Å². The number of likely N-dealkylation sites (N-methyl/N-ethyl adjacent to an activating group) is 1. The summed E-state index contributed by atoms with van der Waals surface area (Å²) in [6, 6.07) is 7.84. The van der Waals surface area contributed by atoms with Crippen LogP contribution in [0.4, 0.5) is 5.69 Å². The summed E-state index contributed by atoms with van der Waals surface area (Å²) < 4.78 is 1.08. The number of nitrogens with zero attached hydrogens (tertiary/aromatic N) is 1. The van der Waals surface area contributed by atoms with Crippen LogP contribution in [0.15, 0.2) is 35.9 Å². The first kappa shape index (κ1) is 12.2. The molecular weight excluding hydrogens is 301 g/mol. The first-order valence-corrected chi connectivity index (χ1v) is 5.81. The lowest BCUT2D eigenvalue weighted by Gasteiger charge is -2.18. The molecule has 80 valence electrons. The molecule has 0 N–H and O–H groups in total. The highest BCUT2D eigenvalue weighted by Gasteiger charge is 2.13. The number of para-hydroxylation sites is 1. The van der Waals surface area contributed by atoms with Crippen molar-refractivity contribution < 1.29 is 4.79 Å². The summed E-state index contributed by atoms with van der Waals surface area (Å²) in [5.41, 5.74) is 1.71. The van der Waals surface area contributed by atoms with Crippen molar-refractivity contribution >= 4 is 34.2 Å². The molecule has 0 saturated heterocycles. The van der Waals surface area contributed by atoms with E-state index in [1.54, 1.807) is 11.9 Å². The third kappa shape index (κ3) is 2.81. The molecule has 0 spiro atoms. The Labute approximate surface area is 104 Å². The molecule has 0 aliphatic heterocycles. The molecular formula is C12H14INO. The number of hydrogen-bond acceptors (Lipinski definition) is 1. The average molecular weight is 315 g/mol. The van der Waals surface area contributed by atoms with Crippen molar-refractivity contribution in [2.45, 2.75) is 13.8 Å². The van der Waals surface area contributed by atoms with Gasteiger partial charge >= 0.3 is 0 Å². The second kappa shape index (κ2) is 5.30. The van der Waals surface area contributed by atoms with Crippen LogP contribution >= 0.6 is 22.6 Å². The maximum Gasteiger partial charge on any atom is 0.253 e. The predicted molar refractivity (Wildman–Crippen MR) is 72.0 cm³/mol. The van der Waals surface area contributed by atoms with E-state index in [1.165, 1.54) is 0 Å². The molecule has 1 rings (SSSR count). The summed E-state index contributed by atoms with van der Waals surface area (Å²) in [7, 11) is 1.80. The Kier molecular flexibility index (Phi) is 4.32. The molecule has 0 bridgehead atoms. The van der Waals surface area contributed by atoms with Crippen LogP contribution in [0.2, 0.25) is 0 Å². The van der Waals surface area contributed by atoms with E-state index in [-0.39, 0.29) is 5.91 Å². The van der Waals surface area contributed by atoms with Gasteiger partial charge in [0.25, 0.3) is 5.91 Å². The van der Waals surface area contributed by atoms with Crippen molar-refractivity contribution in [3.63, 3.8) is 0 Å². The molecule has 1 aromatic carbocycles. The van der Waals surface area contributed by atoms with Crippen molar-refractivity contribution in [1.29, 1.82) is 0 Å². The molecule has 2 nitrogen and oxygen atoms in total. The number of halogens is 1. The quantitative estimate of drug-likeness (QED) is 0.606. The largest absolute Gasteiger partial charge is 0.311 e. The Bertz CT molecular complexity index is 398. The Morgan fingerprint density at radius 1 is 1.40 bits per heavy atom. The molecule has 1 amide bonds. The highest BCUT2D eigenvalue weighted by molar-refractivity contribution is 14.1. The smallest absolute Gasteiger partial charge is 0.253 e. The number of rotatable bonds is 2. The SMILES string of the molecule is CC=C(C)C(=O)N(C)c1ccccc1I. The van der Waals surface area contributed by atoms with E-state index in [9.17, 15) is 4.79 Å². The normalized spacial score (nSPS) is 11.3. The van der Waals surface area contributed by atoms with Gasteiger partial charge in [0.15, 0.2) is 0 Å².